The summed E-state index contributed by atoms with van der Waals surface area (Å²) in [5.41, 5.74) is 2.23. The third-order valence-corrected chi connectivity index (χ3v) is 2.90. The van der Waals surface area contributed by atoms with Crippen LogP contribution < -0.4 is 0 Å². The van der Waals surface area contributed by atoms with Gasteiger partial charge >= 0.3 is 0 Å². The molecule has 0 aliphatic carbocycles. The van der Waals surface area contributed by atoms with E-state index in [1.165, 1.54) is 5.56 Å². The zero-order valence-corrected chi connectivity index (χ0v) is 10.1. The monoisotopic (exact) mass is 230 g/mol. The fraction of sp³-hybridized carbons (Fsp3) is 0.357. The van der Waals surface area contributed by atoms with Gasteiger partial charge in [-0.05, 0) is 24.8 Å². The van der Waals surface area contributed by atoms with E-state index < -0.39 is 6.10 Å². The molecule has 0 amide bonds. The molecule has 3 nitrogen and oxygen atoms in total. The van der Waals surface area contributed by atoms with Crippen LogP contribution in [0, 0.1) is 0 Å². The van der Waals surface area contributed by atoms with Gasteiger partial charge in [0.05, 0.1) is 12.3 Å². The summed E-state index contributed by atoms with van der Waals surface area (Å²) in [6.07, 6.45) is 5.98. The largest absolute Gasteiger partial charge is 0.388 e. The van der Waals surface area contributed by atoms with E-state index in [4.69, 9.17) is 0 Å². The first-order valence-electron chi connectivity index (χ1n) is 5.96. The highest BCUT2D eigenvalue weighted by molar-refractivity contribution is 5.14. The van der Waals surface area contributed by atoms with Crippen LogP contribution in [-0.2, 0) is 13.5 Å². The van der Waals surface area contributed by atoms with Crippen molar-refractivity contribution in [1.29, 1.82) is 0 Å². The Morgan fingerprint density at radius 1 is 1.29 bits per heavy atom. The normalized spacial score (nSPS) is 12.6. The fourth-order valence-corrected chi connectivity index (χ4v) is 1.92. The molecule has 1 N–H and O–H groups in total. The van der Waals surface area contributed by atoms with E-state index in [9.17, 15) is 5.11 Å². The quantitative estimate of drug-likeness (QED) is 0.857. The van der Waals surface area contributed by atoms with E-state index in [-0.39, 0.29) is 0 Å². The van der Waals surface area contributed by atoms with E-state index in [2.05, 4.69) is 17.2 Å². The van der Waals surface area contributed by atoms with Gasteiger partial charge in [0, 0.05) is 18.8 Å². The summed E-state index contributed by atoms with van der Waals surface area (Å²) in [4.78, 5) is 0. The summed E-state index contributed by atoms with van der Waals surface area (Å²) < 4.78 is 1.72. The van der Waals surface area contributed by atoms with Crippen LogP contribution in [0.25, 0.3) is 0 Å². The van der Waals surface area contributed by atoms with Crippen molar-refractivity contribution in [3.8, 4) is 0 Å². The Balaban J connectivity index is 1.79. The van der Waals surface area contributed by atoms with Gasteiger partial charge in [0.1, 0.15) is 0 Å². The minimum atomic E-state index is -0.396. The average Bonchev–Trinajstić information content (AvgIpc) is 2.77. The molecule has 1 unspecified atom stereocenters. The van der Waals surface area contributed by atoms with E-state index in [1.54, 1.807) is 10.9 Å². The molecule has 0 saturated carbocycles. The Bertz CT molecular complexity index is 450. The molecule has 0 saturated heterocycles. The summed E-state index contributed by atoms with van der Waals surface area (Å²) in [7, 11) is 1.86. The molecule has 3 heteroatoms. The Morgan fingerprint density at radius 2 is 2.06 bits per heavy atom. The minimum Gasteiger partial charge on any atom is -0.388 e. The molecule has 1 aromatic carbocycles. The van der Waals surface area contributed by atoms with Crippen LogP contribution in [0.2, 0.25) is 0 Å². The molecule has 2 rings (SSSR count). The first-order chi connectivity index (χ1) is 8.25. The third kappa shape index (κ3) is 3.43. The Hall–Kier alpha value is -1.61. The van der Waals surface area contributed by atoms with Crippen LogP contribution in [0.4, 0.5) is 0 Å². The molecule has 1 atom stereocenters. The molecule has 0 bridgehead atoms. The zero-order chi connectivity index (χ0) is 12.1. The van der Waals surface area contributed by atoms with Gasteiger partial charge in [0.2, 0.25) is 0 Å². The van der Waals surface area contributed by atoms with Gasteiger partial charge in [0.15, 0.2) is 0 Å². The number of hydrogen-bond acceptors (Lipinski definition) is 2. The lowest BCUT2D eigenvalue weighted by atomic mass is 10.0. The maximum Gasteiger partial charge on any atom is 0.0820 e. The molecule has 0 radical (unpaired) electrons. The van der Waals surface area contributed by atoms with Gasteiger partial charge in [-0.1, -0.05) is 30.3 Å². The number of aryl methyl sites for hydroxylation is 2. The number of aliphatic hydroxyl groups excluding tert-OH is 1. The highest BCUT2D eigenvalue weighted by atomic mass is 16.3. The lowest BCUT2D eigenvalue weighted by Gasteiger charge is -2.07. The van der Waals surface area contributed by atoms with Crippen LogP contribution in [0.3, 0.4) is 0 Å². The summed E-state index contributed by atoms with van der Waals surface area (Å²) in [6.45, 7) is 0. The molecule has 90 valence electrons. The summed E-state index contributed by atoms with van der Waals surface area (Å²) >= 11 is 0. The molecule has 0 spiro atoms. The molecular formula is C14H18N2O. The molecule has 0 fully saturated rings. The predicted molar refractivity (Wildman–Crippen MR) is 67.5 cm³/mol. The molecule has 1 aromatic heterocycles. The number of aliphatic hydroxyl groups is 1. The summed E-state index contributed by atoms with van der Waals surface area (Å²) in [5.74, 6) is 0. The average molecular weight is 230 g/mol. The molecular weight excluding hydrogens is 212 g/mol. The topological polar surface area (TPSA) is 38.0 Å². The molecule has 2 aromatic rings. The number of nitrogens with zero attached hydrogens (tertiary/aromatic N) is 2. The van der Waals surface area contributed by atoms with E-state index in [1.807, 2.05) is 31.4 Å². The fourth-order valence-electron chi connectivity index (χ4n) is 1.92. The SMILES string of the molecule is Cn1cc(C(O)CCCc2ccccc2)cn1. The second-order valence-corrected chi connectivity index (χ2v) is 4.34. The Morgan fingerprint density at radius 3 is 2.71 bits per heavy atom. The minimum absolute atomic E-state index is 0.396. The first-order valence-corrected chi connectivity index (χ1v) is 5.96. The summed E-state index contributed by atoms with van der Waals surface area (Å²) in [5, 5.41) is 14.0. The van der Waals surface area contributed by atoms with E-state index in [0.29, 0.717) is 0 Å². The molecule has 0 aliphatic rings. The van der Waals surface area contributed by atoms with Gasteiger partial charge in [-0.3, -0.25) is 4.68 Å². The Labute approximate surface area is 102 Å². The molecule has 0 aliphatic heterocycles. The van der Waals surface area contributed by atoms with Crippen molar-refractivity contribution in [1.82, 2.24) is 9.78 Å². The molecule has 17 heavy (non-hydrogen) atoms. The van der Waals surface area contributed by atoms with Gasteiger partial charge in [-0.2, -0.15) is 5.10 Å². The van der Waals surface area contributed by atoms with Gasteiger partial charge in [0.25, 0.3) is 0 Å². The van der Waals surface area contributed by atoms with Crippen LogP contribution in [0.15, 0.2) is 42.7 Å². The maximum atomic E-state index is 9.96. The van der Waals surface area contributed by atoms with Crippen LogP contribution in [-0.4, -0.2) is 14.9 Å². The van der Waals surface area contributed by atoms with Gasteiger partial charge in [-0.25, -0.2) is 0 Å². The van der Waals surface area contributed by atoms with Gasteiger partial charge in [-0.15, -0.1) is 0 Å². The summed E-state index contributed by atoms with van der Waals surface area (Å²) in [6, 6.07) is 10.4. The van der Waals surface area contributed by atoms with Crippen molar-refractivity contribution in [2.75, 3.05) is 0 Å². The number of benzene rings is 1. The van der Waals surface area contributed by atoms with Crippen molar-refractivity contribution in [2.24, 2.45) is 7.05 Å². The van der Waals surface area contributed by atoms with Gasteiger partial charge < -0.3 is 5.11 Å². The third-order valence-electron chi connectivity index (χ3n) is 2.90. The maximum absolute atomic E-state index is 9.96. The van der Waals surface area contributed by atoms with Crippen molar-refractivity contribution in [3.63, 3.8) is 0 Å². The predicted octanol–water partition coefficient (Wildman–Crippen LogP) is 2.48. The van der Waals surface area contributed by atoms with Crippen LogP contribution in [0.1, 0.15) is 30.1 Å². The van der Waals surface area contributed by atoms with E-state index in [0.717, 1.165) is 24.8 Å². The van der Waals surface area contributed by atoms with E-state index >= 15 is 0 Å². The number of rotatable bonds is 5. The standard InChI is InChI=1S/C14H18N2O/c1-16-11-13(10-15-16)14(17)9-5-8-12-6-3-2-4-7-12/h2-4,6-7,10-11,14,17H,5,8-9H2,1H3. The Kier molecular flexibility index (Phi) is 3.94. The zero-order valence-electron chi connectivity index (χ0n) is 10.1. The van der Waals surface area contributed by atoms with Crippen LogP contribution in [0.5, 0.6) is 0 Å². The second kappa shape index (κ2) is 5.64. The van der Waals surface area contributed by atoms with Crippen molar-refractivity contribution >= 4 is 0 Å². The molecule has 1 heterocycles. The van der Waals surface area contributed by atoms with Crippen LogP contribution >= 0.6 is 0 Å². The lowest BCUT2D eigenvalue weighted by molar-refractivity contribution is 0.164. The number of hydrogen-bond donors (Lipinski definition) is 1. The second-order valence-electron chi connectivity index (χ2n) is 4.34. The lowest BCUT2D eigenvalue weighted by Crippen LogP contribution is -1.97. The van der Waals surface area contributed by atoms with Crippen molar-refractivity contribution < 1.29 is 5.11 Å². The van der Waals surface area contributed by atoms with Crippen molar-refractivity contribution in [2.45, 2.75) is 25.4 Å². The van der Waals surface area contributed by atoms with Crippen molar-refractivity contribution in [3.05, 3.63) is 53.9 Å². The first kappa shape index (κ1) is 11.9. The highest BCUT2D eigenvalue weighted by Crippen LogP contribution is 2.18. The smallest absolute Gasteiger partial charge is 0.0820 e. The highest BCUT2D eigenvalue weighted by Gasteiger charge is 2.08. The number of aromatic nitrogens is 2.